The predicted octanol–water partition coefficient (Wildman–Crippen LogP) is 5.58. The standard InChI is InChI=1S/C27H36N6O/c1-5-29-15-10-16-33(4)25-13-12-24-27(32-25)34-26(31-24)18-20(2)17-23(28)22-19-30-14-9-7-6-8-11-21(22)3/h7-9,11-14,18-19,21,28-29H,5-6,10,15-17H2,1-4H3/b9-7+,11-8?,20-18-,22-19?,28-23?,30-14?. The molecule has 2 aromatic rings. The number of nitrogens with one attached hydrogen (secondary N) is 2. The Morgan fingerprint density at radius 3 is 2.97 bits per heavy atom. The monoisotopic (exact) mass is 460 g/mol. The summed E-state index contributed by atoms with van der Waals surface area (Å²) in [5.41, 5.74) is 3.71. The summed E-state index contributed by atoms with van der Waals surface area (Å²) in [5, 5.41) is 12.0. The molecule has 1 aliphatic heterocycles. The third-order valence-electron chi connectivity index (χ3n) is 5.63. The molecule has 1 atom stereocenters. The lowest BCUT2D eigenvalue weighted by molar-refractivity contribution is 0.577. The summed E-state index contributed by atoms with van der Waals surface area (Å²) >= 11 is 0. The molecule has 2 N–H and O–H groups in total. The summed E-state index contributed by atoms with van der Waals surface area (Å²) < 4.78 is 5.92. The van der Waals surface area contributed by atoms with Crippen molar-refractivity contribution in [1.29, 1.82) is 5.41 Å². The van der Waals surface area contributed by atoms with E-state index in [2.05, 4.69) is 57.3 Å². The first-order valence-electron chi connectivity index (χ1n) is 12.0. The first-order valence-corrected chi connectivity index (χ1v) is 12.0. The van der Waals surface area contributed by atoms with Crippen molar-refractivity contribution < 1.29 is 4.42 Å². The van der Waals surface area contributed by atoms with Gasteiger partial charge in [-0.1, -0.05) is 37.6 Å². The number of oxazole rings is 1. The Balaban J connectivity index is 1.69. The molecule has 0 fully saturated rings. The molecular formula is C27H36N6O. The zero-order valence-corrected chi connectivity index (χ0v) is 20.7. The van der Waals surface area contributed by atoms with Gasteiger partial charge < -0.3 is 20.0 Å². The van der Waals surface area contributed by atoms with E-state index in [9.17, 15) is 0 Å². The van der Waals surface area contributed by atoms with Crippen molar-refractivity contribution in [2.45, 2.75) is 40.0 Å². The smallest absolute Gasteiger partial charge is 0.249 e. The number of pyridine rings is 1. The molecule has 1 unspecified atom stereocenters. The molecule has 0 aliphatic carbocycles. The second-order valence-corrected chi connectivity index (χ2v) is 8.58. The molecule has 0 saturated heterocycles. The van der Waals surface area contributed by atoms with Crippen LogP contribution < -0.4 is 10.2 Å². The quantitative estimate of drug-likeness (QED) is 0.274. The number of rotatable bonds is 10. The maximum absolute atomic E-state index is 8.66. The Morgan fingerprint density at radius 2 is 2.15 bits per heavy atom. The third-order valence-corrected chi connectivity index (χ3v) is 5.63. The van der Waals surface area contributed by atoms with E-state index < -0.39 is 0 Å². The summed E-state index contributed by atoms with van der Waals surface area (Å²) in [7, 11) is 2.04. The molecule has 0 aromatic carbocycles. The maximum atomic E-state index is 8.66. The van der Waals surface area contributed by atoms with Crippen molar-refractivity contribution in [2.75, 3.05) is 31.6 Å². The molecule has 7 heteroatoms. The first kappa shape index (κ1) is 25.3. The molecule has 180 valence electrons. The Labute approximate surface area is 202 Å². The molecule has 0 saturated carbocycles. The minimum atomic E-state index is 0.130. The fourth-order valence-corrected chi connectivity index (χ4v) is 3.72. The molecule has 3 rings (SSSR count). The zero-order valence-electron chi connectivity index (χ0n) is 20.7. The van der Waals surface area contributed by atoms with Gasteiger partial charge in [0.2, 0.25) is 11.6 Å². The lowest BCUT2D eigenvalue weighted by atomic mass is 9.93. The summed E-state index contributed by atoms with van der Waals surface area (Å²) in [6, 6.07) is 3.92. The van der Waals surface area contributed by atoms with E-state index in [4.69, 9.17) is 9.83 Å². The second-order valence-electron chi connectivity index (χ2n) is 8.58. The van der Waals surface area contributed by atoms with Crippen molar-refractivity contribution in [2.24, 2.45) is 10.9 Å². The highest BCUT2D eigenvalue weighted by molar-refractivity contribution is 6.00. The van der Waals surface area contributed by atoms with E-state index in [1.165, 1.54) is 0 Å². The molecule has 2 aromatic heterocycles. The highest BCUT2D eigenvalue weighted by Crippen LogP contribution is 2.22. The van der Waals surface area contributed by atoms with Gasteiger partial charge in [-0.3, -0.25) is 4.99 Å². The van der Waals surface area contributed by atoms with E-state index in [-0.39, 0.29) is 5.92 Å². The van der Waals surface area contributed by atoms with E-state index in [0.29, 0.717) is 23.7 Å². The van der Waals surface area contributed by atoms with Crippen LogP contribution in [0.2, 0.25) is 0 Å². The Bertz CT molecular complexity index is 1120. The molecule has 0 bridgehead atoms. The van der Waals surface area contributed by atoms with Gasteiger partial charge in [-0.05, 0) is 56.6 Å². The largest absolute Gasteiger partial charge is 0.418 e. The number of allylic oxidation sites excluding steroid dienone is 6. The van der Waals surface area contributed by atoms with E-state index in [1.807, 2.05) is 38.3 Å². The number of hydrogen-bond acceptors (Lipinski definition) is 7. The highest BCUT2D eigenvalue weighted by Gasteiger charge is 2.14. The SMILES string of the molecule is CCNCCCN(C)c1ccc2nc(/C=C(/C)CC(=N)C3=CN=C/C=C/CC=CC3C)oc2n1. The van der Waals surface area contributed by atoms with Gasteiger partial charge in [0.25, 0.3) is 0 Å². The summed E-state index contributed by atoms with van der Waals surface area (Å²) in [6.45, 7) is 9.09. The average molecular weight is 461 g/mol. The van der Waals surface area contributed by atoms with Gasteiger partial charge in [-0.15, -0.1) is 0 Å². The van der Waals surface area contributed by atoms with E-state index in [1.54, 1.807) is 12.4 Å². The van der Waals surface area contributed by atoms with Crippen LogP contribution in [0.4, 0.5) is 5.82 Å². The second kappa shape index (κ2) is 12.8. The van der Waals surface area contributed by atoms with Crippen LogP contribution in [0.5, 0.6) is 0 Å². The molecule has 7 nitrogen and oxygen atoms in total. The number of hydrogen-bond donors (Lipinski definition) is 2. The maximum Gasteiger partial charge on any atom is 0.249 e. The highest BCUT2D eigenvalue weighted by atomic mass is 16.4. The zero-order chi connectivity index (χ0) is 24.3. The van der Waals surface area contributed by atoms with Crippen LogP contribution in [0.3, 0.4) is 0 Å². The summed E-state index contributed by atoms with van der Waals surface area (Å²) in [5.74, 6) is 1.51. The van der Waals surface area contributed by atoms with Crippen LogP contribution in [0.25, 0.3) is 17.3 Å². The fourth-order valence-electron chi connectivity index (χ4n) is 3.72. The number of nitrogens with zero attached hydrogens (tertiary/aromatic N) is 4. The topological polar surface area (TPSA) is 90.4 Å². The van der Waals surface area contributed by atoms with Crippen molar-refractivity contribution in [3.63, 3.8) is 0 Å². The number of aliphatic imine (C=N–C) groups is 1. The van der Waals surface area contributed by atoms with Gasteiger partial charge in [0.15, 0.2) is 0 Å². The van der Waals surface area contributed by atoms with Gasteiger partial charge in [0, 0.05) is 50.1 Å². The predicted molar refractivity (Wildman–Crippen MR) is 143 cm³/mol. The van der Waals surface area contributed by atoms with Crippen molar-refractivity contribution >= 4 is 35.1 Å². The number of aromatic nitrogens is 2. The van der Waals surface area contributed by atoms with Gasteiger partial charge in [0.1, 0.15) is 11.3 Å². The van der Waals surface area contributed by atoms with Crippen LogP contribution in [0.15, 0.2) is 63.2 Å². The normalized spacial score (nSPS) is 17.6. The van der Waals surface area contributed by atoms with Crippen LogP contribution in [-0.2, 0) is 0 Å². The van der Waals surface area contributed by atoms with E-state index in [0.717, 1.165) is 55.0 Å². The Hall–Kier alpha value is -3.32. The fraction of sp³-hybridized carbons (Fsp3) is 0.407. The molecule has 0 radical (unpaired) electrons. The van der Waals surface area contributed by atoms with Gasteiger partial charge in [0.05, 0.1) is 0 Å². The molecule has 34 heavy (non-hydrogen) atoms. The van der Waals surface area contributed by atoms with Gasteiger partial charge in [-0.2, -0.15) is 4.98 Å². The van der Waals surface area contributed by atoms with Gasteiger partial charge in [-0.25, -0.2) is 4.98 Å². The molecular weight excluding hydrogens is 424 g/mol. The minimum Gasteiger partial charge on any atom is -0.418 e. The number of anilines is 1. The van der Waals surface area contributed by atoms with Crippen LogP contribution in [-0.4, -0.2) is 48.6 Å². The van der Waals surface area contributed by atoms with Crippen molar-refractivity contribution in [1.82, 2.24) is 15.3 Å². The van der Waals surface area contributed by atoms with Gasteiger partial charge >= 0.3 is 0 Å². The van der Waals surface area contributed by atoms with Crippen molar-refractivity contribution in [3.8, 4) is 0 Å². The Morgan fingerprint density at radius 1 is 1.29 bits per heavy atom. The number of fused-ring (bicyclic) bond motifs is 1. The third kappa shape index (κ3) is 7.35. The average Bonchev–Trinajstić information content (AvgIpc) is 3.21. The molecule has 1 aliphatic rings. The molecule has 0 spiro atoms. The Kier molecular flexibility index (Phi) is 9.52. The first-order chi connectivity index (χ1) is 16.5. The van der Waals surface area contributed by atoms with Crippen LogP contribution >= 0.6 is 0 Å². The minimum absolute atomic E-state index is 0.130. The van der Waals surface area contributed by atoms with Crippen LogP contribution in [0, 0.1) is 11.3 Å². The summed E-state index contributed by atoms with van der Waals surface area (Å²) in [6.07, 6.45) is 16.1. The summed E-state index contributed by atoms with van der Waals surface area (Å²) in [4.78, 5) is 15.7. The lowest BCUT2D eigenvalue weighted by Gasteiger charge is -2.17. The van der Waals surface area contributed by atoms with Crippen molar-refractivity contribution in [3.05, 3.63) is 59.7 Å². The molecule has 0 amide bonds. The van der Waals surface area contributed by atoms with Crippen LogP contribution in [0.1, 0.15) is 45.9 Å². The van der Waals surface area contributed by atoms with E-state index >= 15 is 0 Å². The molecule has 3 heterocycles. The lowest BCUT2D eigenvalue weighted by Crippen LogP contribution is -2.24.